The Morgan fingerprint density at radius 1 is 1.60 bits per heavy atom. The van der Waals surface area contributed by atoms with E-state index in [0.29, 0.717) is 0 Å². The number of halogens is 3. The maximum Gasteiger partial charge on any atom is 0.308 e. The number of carboxylic acid groups (broad SMARTS) is 1. The Kier molecular flexibility index (Phi) is 3.77. The largest absolute Gasteiger partial charge is 0.481 e. The van der Waals surface area contributed by atoms with Gasteiger partial charge in [0, 0.05) is 11.6 Å². The number of hydrogen-bond acceptors (Lipinski definition) is 2. The highest BCUT2D eigenvalue weighted by Crippen LogP contribution is 2.19. The molecule has 0 atom stereocenters. The molecule has 2 N–H and O–H groups in total. The second-order valence-corrected chi connectivity index (χ2v) is 3.91. The van der Waals surface area contributed by atoms with Crippen molar-refractivity contribution in [2.45, 2.75) is 12.8 Å². The summed E-state index contributed by atoms with van der Waals surface area (Å²) in [7, 11) is 0. The van der Waals surface area contributed by atoms with E-state index < -0.39 is 35.5 Å². The molecule has 1 aromatic heterocycles. The Morgan fingerprint density at radius 3 is 2.67 bits per heavy atom. The Bertz CT molecular complexity index is 444. The molecule has 4 nitrogen and oxygen atoms in total. The van der Waals surface area contributed by atoms with Crippen molar-refractivity contribution in [3.05, 3.63) is 31.2 Å². The highest BCUT2D eigenvalue weighted by molar-refractivity contribution is 14.1. The maximum absolute atomic E-state index is 12.5. The highest BCUT2D eigenvalue weighted by Gasteiger charge is 2.19. The molecular weight excluding hydrogens is 323 g/mol. The number of pyridine rings is 1. The minimum absolute atomic E-state index is 0.252. The minimum atomic E-state index is -2.89. The van der Waals surface area contributed by atoms with Gasteiger partial charge in [0.15, 0.2) is 5.43 Å². The van der Waals surface area contributed by atoms with Gasteiger partial charge in [-0.05, 0) is 22.6 Å². The molecule has 1 rings (SSSR count). The molecule has 0 aliphatic carbocycles. The van der Waals surface area contributed by atoms with Gasteiger partial charge in [0.2, 0.25) is 0 Å². The van der Waals surface area contributed by atoms with Crippen LogP contribution in [0.2, 0.25) is 0 Å². The van der Waals surface area contributed by atoms with Crippen molar-refractivity contribution < 1.29 is 18.7 Å². The fourth-order valence-electron chi connectivity index (χ4n) is 1.09. The molecule has 0 bridgehead atoms. The van der Waals surface area contributed by atoms with Gasteiger partial charge in [-0.3, -0.25) is 9.59 Å². The van der Waals surface area contributed by atoms with Gasteiger partial charge in [-0.15, -0.1) is 0 Å². The van der Waals surface area contributed by atoms with Gasteiger partial charge < -0.3 is 10.1 Å². The Hall–Kier alpha value is -0.990. The highest BCUT2D eigenvalue weighted by atomic mass is 127. The maximum atomic E-state index is 12.5. The molecular formula is C8H6F2INO3. The SMILES string of the molecule is O=C(O)Cc1c(C(F)F)[nH]c(I)cc1=O. The second-order valence-electron chi connectivity index (χ2n) is 2.74. The number of aromatic nitrogens is 1. The Morgan fingerprint density at radius 2 is 2.20 bits per heavy atom. The third-order valence-corrected chi connectivity index (χ3v) is 2.26. The summed E-state index contributed by atoms with van der Waals surface area (Å²) in [6, 6.07) is 1.09. The lowest BCUT2D eigenvalue weighted by Crippen LogP contribution is -2.18. The topological polar surface area (TPSA) is 70.2 Å². The summed E-state index contributed by atoms with van der Waals surface area (Å²) in [6.07, 6.45) is -3.59. The summed E-state index contributed by atoms with van der Waals surface area (Å²) in [5.41, 5.74) is -1.69. The molecule has 1 aromatic rings. The molecule has 7 heteroatoms. The van der Waals surface area contributed by atoms with Crippen molar-refractivity contribution in [2.24, 2.45) is 0 Å². The zero-order valence-electron chi connectivity index (χ0n) is 7.26. The predicted octanol–water partition coefficient (Wildman–Crippen LogP) is 1.54. The average Bonchev–Trinajstić information content (AvgIpc) is 2.08. The van der Waals surface area contributed by atoms with Crippen molar-refractivity contribution in [2.75, 3.05) is 0 Å². The fourth-order valence-corrected chi connectivity index (χ4v) is 1.67. The lowest BCUT2D eigenvalue weighted by Gasteiger charge is -2.06. The van der Waals surface area contributed by atoms with Gasteiger partial charge in [0.05, 0.1) is 15.8 Å². The van der Waals surface area contributed by atoms with E-state index in [1.54, 1.807) is 22.6 Å². The fraction of sp³-hybridized carbons (Fsp3) is 0.250. The molecule has 0 amide bonds. The quantitative estimate of drug-likeness (QED) is 0.653. The van der Waals surface area contributed by atoms with Crippen molar-refractivity contribution in [1.29, 1.82) is 0 Å². The number of carbonyl (C=O) groups is 1. The van der Waals surface area contributed by atoms with Crippen LogP contribution >= 0.6 is 22.6 Å². The third kappa shape index (κ3) is 2.98. The van der Waals surface area contributed by atoms with E-state index in [-0.39, 0.29) is 3.70 Å². The molecule has 0 aliphatic heterocycles. The zero-order valence-corrected chi connectivity index (χ0v) is 9.42. The van der Waals surface area contributed by atoms with Gasteiger partial charge in [-0.1, -0.05) is 0 Å². The average molecular weight is 329 g/mol. The van der Waals surface area contributed by atoms with E-state index in [0.717, 1.165) is 6.07 Å². The first-order valence-electron chi connectivity index (χ1n) is 3.83. The first kappa shape index (κ1) is 12.1. The van der Waals surface area contributed by atoms with E-state index >= 15 is 0 Å². The standard InChI is InChI=1S/C8H6F2INO3/c9-8(10)7-3(1-6(14)15)4(13)2-5(11)12-7/h2,8H,1H2,(H,12,13)(H,14,15). The number of alkyl halides is 2. The number of nitrogens with one attached hydrogen (secondary N) is 1. The molecule has 0 fully saturated rings. The first-order valence-corrected chi connectivity index (χ1v) is 4.91. The minimum Gasteiger partial charge on any atom is -0.481 e. The van der Waals surface area contributed by atoms with Crippen LogP contribution in [0.1, 0.15) is 17.7 Å². The summed E-state index contributed by atoms with van der Waals surface area (Å²) in [4.78, 5) is 24.0. The van der Waals surface area contributed by atoms with Crippen LogP contribution in [0, 0.1) is 3.70 Å². The van der Waals surface area contributed by atoms with Crippen LogP contribution in [-0.4, -0.2) is 16.1 Å². The summed E-state index contributed by atoms with van der Waals surface area (Å²) < 4.78 is 25.2. The Balaban J connectivity index is 3.33. The van der Waals surface area contributed by atoms with E-state index in [2.05, 4.69) is 4.98 Å². The summed E-state index contributed by atoms with van der Waals surface area (Å²) in [5, 5.41) is 8.47. The van der Waals surface area contributed by atoms with Gasteiger partial charge >= 0.3 is 5.97 Å². The molecule has 0 radical (unpaired) electrons. The smallest absolute Gasteiger partial charge is 0.308 e. The number of aliphatic carboxylic acids is 1. The lowest BCUT2D eigenvalue weighted by molar-refractivity contribution is -0.136. The van der Waals surface area contributed by atoms with E-state index in [1.165, 1.54) is 0 Å². The number of aromatic amines is 1. The number of rotatable bonds is 3. The summed E-state index contributed by atoms with van der Waals surface area (Å²) in [6.45, 7) is 0. The van der Waals surface area contributed by atoms with Crippen LogP contribution in [0.5, 0.6) is 0 Å². The lowest BCUT2D eigenvalue weighted by atomic mass is 10.1. The number of H-pyrrole nitrogens is 1. The summed E-state index contributed by atoms with van der Waals surface area (Å²) in [5.74, 6) is -1.32. The normalized spacial score (nSPS) is 10.7. The van der Waals surface area contributed by atoms with Gasteiger partial charge in [0.25, 0.3) is 6.43 Å². The van der Waals surface area contributed by atoms with Gasteiger partial charge in [-0.25, -0.2) is 8.78 Å². The molecule has 0 spiro atoms. The molecule has 1 heterocycles. The molecule has 82 valence electrons. The molecule has 0 saturated heterocycles. The van der Waals surface area contributed by atoms with Crippen LogP contribution in [0.4, 0.5) is 8.78 Å². The third-order valence-electron chi connectivity index (χ3n) is 1.68. The van der Waals surface area contributed by atoms with Gasteiger partial charge in [0.1, 0.15) is 0 Å². The predicted molar refractivity (Wildman–Crippen MR) is 56.1 cm³/mol. The van der Waals surface area contributed by atoms with Crippen LogP contribution in [0.25, 0.3) is 0 Å². The molecule has 0 unspecified atom stereocenters. The first-order chi connectivity index (χ1) is 6.91. The van der Waals surface area contributed by atoms with Crippen LogP contribution in [-0.2, 0) is 11.2 Å². The van der Waals surface area contributed by atoms with Crippen LogP contribution < -0.4 is 5.43 Å². The van der Waals surface area contributed by atoms with Crippen molar-refractivity contribution >= 4 is 28.6 Å². The number of hydrogen-bond donors (Lipinski definition) is 2. The molecule has 0 saturated carbocycles. The Labute approximate surface area is 96.5 Å². The van der Waals surface area contributed by atoms with Crippen molar-refractivity contribution in [1.82, 2.24) is 4.98 Å². The van der Waals surface area contributed by atoms with Crippen molar-refractivity contribution in [3.63, 3.8) is 0 Å². The monoisotopic (exact) mass is 329 g/mol. The number of carboxylic acids is 1. The van der Waals surface area contributed by atoms with E-state index in [1.807, 2.05) is 0 Å². The molecule has 0 aromatic carbocycles. The van der Waals surface area contributed by atoms with E-state index in [4.69, 9.17) is 5.11 Å². The van der Waals surface area contributed by atoms with Crippen LogP contribution in [0.15, 0.2) is 10.9 Å². The van der Waals surface area contributed by atoms with E-state index in [9.17, 15) is 18.4 Å². The summed E-state index contributed by atoms with van der Waals surface area (Å²) >= 11 is 1.68. The second kappa shape index (κ2) is 4.69. The zero-order chi connectivity index (χ0) is 11.6. The molecule has 0 aliphatic rings. The molecule has 15 heavy (non-hydrogen) atoms. The van der Waals surface area contributed by atoms with Crippen LogP contribution in [0.3, 0.4) is 0 Å². The van der Waals surface area contributed by atoms with Crippen molar-refractivity contribution in [3.8, 4) is 0 Å². The van der Waals surface area contributed by atoms with Gasteiger partial charge in [-0.2, -0.15) is 0 Å².